The minimum absolute atomic E-state index is 0.0398. The molecular formula is C12H7Cl2N3O4. The molecule has 1 heterocycles. The Labute approximate surface area is 127 Å². The van der Waals surface area contributed by atoms with E-state index in [9.17, 15) is 19.7 Å². The van der Waals surface area contributed by atoms with Gasteiger partial charge in [-0.2, -0.15) is 0 Å². The molecule has 21 heavy (non-hydrogen) atoms. The van der Waals surface area contributed by atoms with Gasteiger partial charge in [0.1, 0.15) is 10.7 Å². The van der Waals surface area contributed by atoms with E-state index in [4.69, 9.17) is 23.2 Å². The standard InChI is InChI=1S/C12H7Cl2N3O4/c13-7-4-9(12(19)15-5-7)16-11(18)6-1-2-10(17(20)21)8(14)3-6/h1-5H,(H,15,19)(H,16,18). The Morgan fingerprint density at radius 1 is 1.29 bits per heavy atom. The van der Waals surface area contributed by atoms with Gasteiger partial charge in [0.25, 0.3) is 17.2 Å². The summed E-state index contributed by atoms with van der Waals surface area (Å²) in [6.45, 7) is 0. The number of hydrogen-bond donors (Lipinski definition) is 2. The van der Waals surface area contributed by atoms with Gasteiger partial charge in [-0.1, -0.05) is 23.2 Å². The van der Waals surface area contributed by atoms with Crippen LogP contribution in [0.2, 0.25) is 10.0 Å². The molecule has 7 nitrogen and oxygen atoms in total. The summed E-state index contributed by atoms with van der Waals surface area (Å²) in [6, 6.07) is 4.77. The van der Waals surface area contributed by atoms with E-state index in [2.05, 4.69) is 10.3 Å². The SMILES string of the molecule is O=C(Nc1cc(Cl)c[nH]c1=O)c1ccc([N+](=O)[O-])c(Cl)c1. The first-order valence-electron chi connectivity index (χ1n) is 5.52. The van der Waals surface area contributed by atoms with Crippen molar-refractivity contribution in [3.05, 3.63) is 66.5 Å². The molecule has 0 aliphatic rings. The number of hydrogen-bond acceptors (Lipinski definition) is 4. The van der Waals surface area contributed by atoms with E-state index in [0.29, 0.717) is 0 Å². The lowest BCUT2D eigenvalue weighted by Crippen LogP contribution is -2.19. The van der Waals surface area contributed by atoms with Gasteiger partial charge in [0.05, 0.1) is 9.95 Å². The Balaban J connectivity index is 2.29. The second-order valence-electron chi connectivity index (χ2n) is 3.94. The number of pyridine rings is 1. The lowest BCUT2D eigenvalue weighted by atomic mass is 10.2. The molecule has 9 heteroatoms. The number of carbonyl (C=O) groups is 1. The molecule has 0 saturated heterocycles. The molecule has 0 atom stereocenters. The van der Waals surface area contributed by atoms with E-state index < -0.39 is 16.4 Å². The summed E-state index contributed by atoms with van der Waals surface area (Å²) in [5, 5.41) is 13.1. The van der Waals surface area contributed by atoms with Crippen molar-refractivity contribution in [1.29, 1.82) is 0 Å². The van der Waals surface area contributed by atoms with Crippen LogP contribution in [-0.4, -0.2) is 15.8 Å². The van der Waals surface area contributed by atoms with Crippen molar-refractivity contribution in [2.75, 3.05) is 5.32 Å². The first-order valence-corrected chi connectivity index (χ1v) is 6.27. The fraction of sp³-hybridized carbons (Fsp3) is 0. The maximum atomic E-state index is 12.0. The zero-order valence-electron chi connectivity index (χ0n) is 10.2. The quantitative estimate of drug-likeness (QED) is 0.667. The van der Waals surface area contributed by atoms with Crippen molar-refractivity contribution in [3.63, 3.8) is 0 Å². The Bertz CT molecular complexity index is 788. The molecule has 2 aromatic rings. The number of anilines is 1. The first kappa shape index (κ1) is 15.0. The average Bonchev–Trinajstić information content (AvgIpc) is 2.42. The van der Waals surface area contributed by atoms with E-state index in [1.165, 1.54) is 18.3 Å². The van der Waals surface area contributed by atoms with Crippen LogP contribution < -0.4 is 10.9 Å². The van der Waals surface area contributed by atoms with Crippen molar-refractivity contribution in [3.8, 4) is 0 Å². The normalized spacial score (nSPS) is 10.2. The van der Waals surface area contributed by atoms with Crippen molar-refractivity contribution >= 4 is 40.5 Å². The van der Waals surface area contributed by atoms with Crippen molar-refractivity contribution in [2.24, 2.45) is 0 Å². The molecule has 2 rings (SSSR count). The highest BCUT2D eigenvalue weighted by Crippen LogP contribution is 2.25. The van der Waals surface area contributed by atoms with Crippen LogP contribution >= 0.6 is 23.2 Å². The summed E-state index contributed by atoms with van der Waals surface area (Å²) in [6.07, 6.45) is 1.28. The zero-order chi connectivity index (χ0) is 15.6. The highest BCUT2D eigenvalue weighted by molar-refractivity contribution is 6.33. The van der Waals surface area contributed by atoms with Crippen LogP contribution in [0.3, 0.4) is 0 Å². The van der Waals surface area contributed by atoms with Crippen LogP contribution in [0.15, 0.2) is 35.3 Å². The van der Waals surface area contributed by atoms with Crippen LogP contribution in [-0.2, 0) is 0 Å². The predicted octanol–water partition coefficient (Wildman–Crippen LogP) is 2.84. The van der Waals surface area contributed by atoms with Crippen molar-refractivity contribution < 1.29 is 9.72 Å². The molecule has 1 aromatic heterocycles. The first-order chi connectivity index (χ1) is 9.88. The molecule has 0 aliphatic heterocycles. The van der Waals surface area contributed by atoms with Gasteiger partial charge >= 0.3 is 0 Å². The summed E-state index contributed by atoms with van der Waals surface area (Å²) < 4.78 is 0. The van der Waals surface area contributed by atoms with Gasteiger partial charge in [0.15, 0.2) is 0 Å². The number of H-pyrrole nitrogens is 1. The van der Waals surface area contributed by atoms with Gasteiger partial charge < -0.3 is 10.3 Å². The number of carbonyl (C=O) groups excluding carboxylic acids is 1. The third kappa shape index (κ3) is 3.39. The summed E-state index contributed by atoms with van der Waals surface area (Å²) in [5.41, 5.74) is -0.804. The zero-order valence-corrected chi connectivity index (χ0v) is 11.7. The molecule has 0 saturated carbocycles. The molecular weight excluding hydrogens is 321 g/mol. The molecule has 0 spiro atoms. The van der Waals surface area contributed by atoms with Gasteiger partial charge in [-0.3, -0.25) is 19.7 Å². The number of rotatable bonds is 3. The smallest absolute Gasteiger partial charge is 0.287 e. The molecule has 108 valence electrons. The Hall–Kier alpha value is -2.38. The number of nitro benzene ring substituents is 1. The Morgan fingerprint density at radius 3 is 2.62 bits per heavy atom. The topological polar surface area (TPSA) is 105 Å². The fourth-order valence-electron chi connectivity index (χ4n) is 1.54. The maximum absolute atomic E-state index is 12.0. The second kappa shape index (κ2) is 5.94. The molecule has 2 N–H and O–H groups in total. The number of nitrogens with zero attached hydrogens (tertiary/aromatic N) is 1. The number of amides is 1. The molecule has 0 bridgehead atoms. The summed E-state index contributed by atoms with van der Waals surface area (Å²) >= 11 is 11.4. The van der Waals surface area contributed by atoms with E-state index in [1.807, 2.05) is 0 Å². The van der Waals surface area contributed by atoms with E-state index >= 15 is 0 Å². The maximum Gasteiger partial charge on any atom is 0.287 e. The minimum Gasteiger partial charge on any atom is -0.326 e. The lowest BCUT2D eigenvalue weighted by Gasteiger charge is -2.05. The van der Waals surface area contributed by atoms with Crippen LogP contribution in [0.4, 0.5) is 11.4 Å². The van der Waals surface area contributed by atoms with Crippen molar-refractivity contribution in [2.45, 2.75) is 0 Å². The van der Waals surface area contributed by atoms with E-state index in [-0.39, 0.29) is 27.0 Å². The summed E-state index contributed by atoms with van der Waals surface area (Å²) in [4.78, 5) is 35.8. The summed E-state index contributed by atoms with van der Waals surface area (Å²) in [7, 11) is 0. The second-order valence-corrected chi connectivity index (χ2v) is 4.78. The minimum atomic E-state index is -0.661. The monoisotopic (exact) mass is 327 g/mol. The molecule has 0 aliphatic carbocycles. The largest absolute Gasteiger partial charge is 0.326 e. The van der Waals surface area contributed by atoms with Crippen molar-refractivity contribution in [1.82, 2.24) is 4.98 Å². The van der Waals surface area contributed by atoms with Gasteiger partial charge in [-0.25, -0.2) is 0 Å². The fourth-order valence-corrected chi connectivity index (χ4v) is 1.95. The number of benzene rings is 1. The number of halogens is 2. The number of nitrogens with one attached hydrogen (secondary N) is 2. The average molecular weight is 328 g/mol. The number of aromatic amines is 1. The number of aromatic nitrogens is 1. The molecule has 0 unspecified atom stereocenters. The van der Waals surface area contributed by atoms with E-state index in [0.717, 1.165) is 12.1 Å². The summed E-state index contributed by atoms with van der Waals surface area (Å²) in [5.74, 6) is -0.639. The van der Waals surface area contributed by atoms with E-state index in [1.54, 1.807) is 0 Å². The molecule has 0 fully saturated rings. The molecule has 1 aromatic carbocycles. The lowest BCUT2D eigenvalue weighted by molar-refractivity contribution is -0.384. The van der Waals surface area contributed by atoms with Gasteiger partial charge in [-0.15, -0.1) is 0 Å². The van der Waals surface area contributed by atoms with Crippen LogP contribution in [0.1, 0.15) is 10.4 Å². The highest BCUT2D eigenvalue weighted by Gasteiger charge is 2.16. The van der Waals surface area contributed by atoms with Crippen LogP contribution in [0.25, 0.3) is 0 Å². The molecule has 1 amide bonds. The number of nitro groups is 1. The Kier molecular flexibility index (Phi) is 4.25. The van der Waals surface area contributed by atoms with Crippen LogP contribution in [0.5, 0.6) is 0 Å². The molecule has 0 radical (unpaired) electrons. The van der Waals surface area contributed by atoms with Crippen LogP contribution in [0, 0.1) is 10.1 Å². The van der Waals surface area contributed by atoms with Gasteiger partial charge in [0, 0.05) is 17.8 Å². The highest BCUT2D eigenvalue weighted by atomic mass is 35.5. The third-order valence-corrected chi connectivity index (χ3v) is 3.04. The predicted molar refractivity (Wildman–Crippen MR) is 78.1 cm³/mol. The Morgan fingerprint density at radius 2 is 2.00 bits per heavy atom. The van der Waals surface area contributed by atoms with Gasteiger partial charge in [0.2, 0.25) is 0 Å². The third-order valence-electron chi connectivity index (χ3n) is 2.52. The van der Waals surface area contributed by atoms with Gasteiger partial charge in [-0.05, 0) is 18.2 Å².